The first-order valence-electron chi connectivity index (χ1n) is 10.1. The average Bonchev–Trinajstić information content (AvgIpc) is 2.82. The van der Waals surface area contributed by atoms with E-state index in [0.29, 0.717) is 42.3 Å². The zero-order chi connectivity index (χ0) is 22.0. The average molecular weight is 419 g/mol. The van der Waals surface area contributed by atoms with Crippen molar-refractivity contribution in [2.24, 2.45) is 0 Å². The Morgan fingerprint density at radius 2 is 1.58 bits per heavy atom. The normalized spacial score (nSPS) is 13.6. The Labute approximate surface area is 181 Å². The number of hydrogen-bond acceptors (Lipinski definition) is 5. The molecule has 1 N–H and O–H groups in total. The summed E-state index contributed by atoms with van der Waals surface area (Å²) in [5, 5.41) is 12.2. The number of phenols is 1. The molecule has 1 aliphatic heterocycles. The second-order valence-electron chi connectivity index (χ2n) is 7.35. The highest BCUT2D eigenvalue weighted by Crippen LogP contribution is 2.41. The third-order valence-electron chi connectivity index (χ3n) is 5.63. The van der Waals surface area contributed by atoms with Crippen LogP contribution in [0.3, 0.4) is 0 Å². The molecule has 0 saturated carbocycles. The van der Waals surface area contributed by atoms with E-state index in [4.69, 9.17) is 14.2 Å². The number of aromatic hydroxyl groups is 1. The number of methoxy groups -OCH3 is 3. The van der Waals surface area contributed by atoms with Crippen molar-refractivity contribution in [1.82, 2.24) is 4.90 Å². The molecule has 3 aromatic rings. The summed E-state index contributed by atoms with van der Waals surface area (Å²) >= 11 is 0. The molecule has 0 atom stereocenters. The molecular weight excluding hydrogens is 394 g/mol. The molecule has 0 unspecified atom stereocenters. The van der Waals surface area contributed by atoms with Crippen LogP contribution >= 0.6 is 0 Å². The van der Waals surface area contributed by atoms with Crippen LogP contribution in [0.5, 0.6) is 23.0 Å². The van der Waals surface area contributed by atoms with Crippen molar-refractivity contribution in [1.29, 1.82) is 0 Å². The largest absolute Gasteiger partial charge is 0.507 e. The molecule has 1 heterocycles. The molecule has 0 aromatic heterocycles. The number of fused-ring (bicyclic) bond motifs is 1. The minimum Gasteiger partial charge on any atom is -0.507 e. The third kappa shape index (κ3) is 3.89. The van der Waals surface area contributed by atoms with E-state index in [2.05, 4.69) is 0 Å². The van der Waals surface area contributed by atoms with Crippen LogP contribution in [-0.4, -0.2) is 50.3 Å². The SMILES string of the molecule is COc1cc(OC)c(C2=CCN(C(=O)c3cc4ccccc4cc3O)CC2)c(OC)c1. The fourth-order valence-corrected chi connectivity index (χ4v) is 3.97. The summed E-state index contributed by atoms with van der Waals surface area (Å²) in [7, 11) is 4.82. The van der Waals surface area contributed by atoms with Crippen LogP contribution in [0.25, 0.3) is 16.3 Å². The fourth-order valence-electron chi connectivity index (χ4n) is 3.97. The topological polar surface area (TPSA) is 68.2 Å². The lowest BCUT2D eigenvalue weighted by Crippen LogP contribution is -2.34. The Balaban J connectivity index is 1.62. The molecule has 0 aliphatic carbocycles. The molecule has 6 heteroatoms. The molecule has 160 valence electrons. The summed E-state index contributed by atoms with van der Waals surface area (Å²) in [4.78, 5) is 14.8. The molecule has 4 rings (SSSR count). The minimum atomic E-state index is -0.188. The third-order valence-corrected chi connectivity index (χ3v) is 5.63. The maximum absolute atomic E-state index is 13.1. The van der Waals surface area contributed by atoms with Gasteiger partial charge in [0.05, 0.1) is 32.5 Å². The van der Waals surface area contributed by atoms with Gasteiger partial charge in [-0.2, -0.15) is 0 Å². The van der Waals surface area contributed by atoms with E-state index in [-0.39, 0.29) is 11.7 Å². The van der Waals surface area contributed by atoms with Crippen LogP contribution in [0.15, 0.2) is 54.6 Å². The second-order valence-corrected chi connectivity index (χ2v) is 7.35. The standard InChI is InChI=1S/C25H25NO5/c1-29-19-14-22(30-2)24(23(15-19)31-3)16-8-10-26(11-9-16)25(28)20-12-17-6-4-5-7-18(17)13-21(20)27/h4-8,12-15,27H,9-11H2,1-3H3. The molecule has 3 aromatic carbocycles. The second kappa shape index (κ2) is 8.60. The molecular formula is C25H25NO5. The maximum Gasteiger partial charge on any atom is 0.257 e. The van der Waals surface area contributed by atoms with E-state index in [1.807, 2.05) is 42.5 Å². The Morgan fingerprint density at radius 3 is 2.13 bits per heavy atom. The number of nitrogens with zero attached hydrogens (tertiary/aromatic N) is 1. The van der Waals surface area contributed by atoms with Gasteiger partial charge in [0.2, 0.25) is 0 Å². The van der Waals surface area contributed by atoms with Crippen LogP contribution in [-0.2, 0) is 0 Å². The van der Waals surface area contributed by atoms with E-state index in [1.54, 1.807) is 38.4 Å². The molecule has 0 bridgehead atoms. The molecule has 0 radical (unpaired) electrons. The van der Waals surface area contributed by atoms with Crippen molar-refractivity contribution in [3.05, 3.63) is 65.7 Å². The van der Waals surface area contributed by atoms with E-state index in [0.717, 1.165) is 21.9 Å². The molecule has 31 heavy (non-hydrogen) atoms. The van der Waals surface area contributed by atoms with Gasteiger partial charge in [0.1, 0.15) is 23.0 Å². The van der Waals surface area contributed by atoms with Crippen LogP contribution < -0.4 is 14.2 Å². The summed E-state index contributed by atoms with van der Waals surface area (Å²) in [6.07, 6.45) is 2.64. The van der Waals surface area contributed by atoms with Crippen LogP contribution in [0.1, 0.15) is 22.3 Å². The van der Waals surface area contributed by atoms with Crippen LogP contribution in [0.2, 0.25) is 0 Å². The number of benzene rings is 3. The first-order chi connectivity index (χ1) is 15.0. The van der Waals surface area contributed by atoms with Gasteiger partial charge < -0.3 is 24.2 Å². The van der Waals surface area contributed by atoms with Crippen molar-refractivity contribution >= 4 is 22.3 Å². The van der Waals surface area contributed by atoms with Gasteiger partial charge in [-0.05, 0) is 34.9 Å². The van der Waals surface area contributed by atoms with Gasteiger partial charge in [-0.1, -0.05) is 30.3 Å². The molecule has 0 spiro atoms. The highest BCUT2D eigenvalue weighted by atomic mass is 16.5. The molecule has 1 amide bonds. The lowest BCUT2D eigenvalue weighted by molar-refractivity contribution is 0.0770. The zero-order valence-corrected chi connectivity index (χ0v) is 17.8. The van der Waals surface area contributed by atoms with E-state index < -0.39 is 0 Å². The molecule has 6 nitrogen and oxygen atoms in total. The quantitative estimate of drug-likeness (QED) is 0.660. The fraction of sp³-hybridized carbons (Fsp3) is 0.240. The van der Waals surface area contributed by atoms with Gasteiger partial charge in [-0.25, -0.2) is 0 Å². The Kier molecular flexibility index (Phi) is 5.71. The van der Waals surface area contributed by atoms with Gasteiger partial charge in [0.25, 0.3) is 5.91 Å². The predicted molar refractivity (Wildman–Crippen MR) is 120 cm³/mol. The van der Waals surface area contributed by atoms with Gasteiger partial charge in [0, 0.05) is 25.2 Å². The molecule has 0 saturated heterocycles. The van der Waals surface area contributed by atoms with Crippen molar-refractivity contribution in [2.45, 2.75) is 6.42 Å². The summed E-state index contributed by atoms with van der Waals surface area (Å²) in [6, 6.07) is 14.7. The van der Waals surface area contributed by atoms with Crippen molar-refractivity contribution in [3.8, 4) is 23.0 Å². The number of carbonyl (C=O) groups is 1. The maximum atomic E-state index is 13.1. The number of phenolic OH excluding ortho intramolecular Hbond substituents is 1. The van der Waals surface area contributed by atoms with Crippen molar-refractivity contribution in [3.63, 3.8) is 0 Å². The van der Waals surface area contributed by atoms with Gasteiger partial charge in [-0.15, -0.1) is 0 Å². The number of ether oxygens (including phenoxy) is 3. The summed E-state index contributed by atoms with van der Waals surface area (Å²) in [5.41, 5.74) is 2.23. The van der Waals surface area contributed by atoms with Gasteiger partial charge in [-0.3, -0.25) is 4.79 Å². The lowest BCUT2D eigenvalue weighted by Gasteiger charge is -2.28. The zero-order valence-electron chi connectivity index (χ0n) is 17.8. The lowest BCUT2D eigenvalue weighted by atomic mass is 9.96. The molecule has 1 aliphatic rings. The van der Waals surface area contributed by atoms with Gasteiger partial charge in [0.15, 0.2) is 0 Å². The highest BCUT2D eigenvalue weighted by molar-refractivity contribution is 6.01. The Hall–Kier alpha value is -3.67. The summed E-state index contributed by atoms with van der Waals surface area (Å²) in [6.45, 7) is 0.952. The van der Waals surface area contributed by atoms with E-state index in [1.165, 1.54) is 0 Å². The monoisotopic (exact) mass is 419 g/mol. The Bertz CT molecular complexity index is 1140. The van der Waals surface area contributed by atoms with Crippen LogP contribution in [0.4, 0.5) is 0 Å². The number of rotatable bonds is 5. The minimum absolute atomic E-state index is 0.00281. The Morgan fingerprint density at radius 1 is 0.935 bits per heavy atom. The van der Waals surface area contributed by atoms with Crippen LogP contribution in [0, 0.1) is 0 Å². The molecule has 0 fully saturated rings. The number of carbonyl (C=O) groups excluding carboxylic acids is 1. The van der Waals surface area contributed by atoms with E-state index in [9.17, 15) is 9.90 Å². The van der Waals surface area contributed by atoms with Crippen molar-refractivity contribution < 1.29 is 24.1 Å². The first kappa shape index (κ1) is 20.6. The summed E-state index contributed by atoms with van der Waals surface area (Å²) in [5.74, 6) is 1.78. The predicted octanol–water partition coefficient (Wildman–Crippen LogP) is 4.50. The van der Waals surface area contributed by atoms with Gasteiger partial charge >= 0.3 is 0 Å². The smallest absolute Gasteiger partial charge is 0.257 e. The highest BCUT2D eigenvalue weighted by Gasteiger charge is 2.25. The first-order valence-corrected chi connectivity index (χ1v) is 10.1. The van der Waals surface area contributed by atoms with E-state index >= 15 is 0 Å². The number of hydrogen-bond donors (Lipinski definition) is 1. The summed E-state index contributed by atoms with van der Waals surface area (Å²) < 4.78 is 16.5. The van der Waals surface area contributed by atoms with Crippen molar-refractivity contribution in [2.75, 3.05) is 34.4 Å². The number of amides is 1.